The molecule has 1 rings (SSSR count). The van der Waals surface area contributed by atoms with Gasteiger partial charge in [-0.1, -0.05) is 44.2 Å². The molecule has 124 valence electrons. The molecular weight excluding hydrogens is 294 g/mol. The Labute approximate surface area is 137 Å². The number of carbonyl (C=O) groups excluding carboxylic acids is 2. The van der Waals surface area contributed by atoms with Gasteiger partial charge in [0, 0.05) is 0 Å². The fourth-order valence-electron chi connectivity index (χ4n) is 2.63. The van der Waals surface area contributed by atoms with E-state index in [1.807, 2.05) is 0 Å². The molecule has 0 aliphatic heterocycles. The number of nitriles is 1. The summed E-state index contributed by atoms with van der Waals surface area (Å²) in [5.74, 6) is -2.75. The van der Waals surface area contributed by atoms with E-state index in [9.17, 15) is 14.9 Å². The van der Waals surface area contributed by atoms with Gasteiger partial charge in [-0.25, -0.2) is 0 Å². The molecule has 2 unspecified atom stereocenters. The number of ether oxygens (including phenoxy) is 2. The van der Waals surface area contributed by atoms with Crippen molar-refractivity contribution in [1.82, 2.24) is 0 Å². The average Bonchev–Trinajstić information content (AvgIpc) is 2.53. The minimum atomic E-state index is -1.64. The first-order valence-corrected chi connectivity index (χ1v) is 7.75. The Kier molecular flexibility index (Phi) is 6.77. The molecule has 2 atom stereocenters. The Morgan fingerprint density at radius 3 is 2.13 bits per heavy atom. The lowest BCUT2D eigenvalue weighted by molar-refractivity contribution is -0.163. The Bertz CT molecular complexity index is 576. The lowest BCUT2D eigenvalue weighted by Gasteiger charge is -2.34. The zero-order chi connectivity index (χ0) is 17.5. The maximum Gasteiger partial charge on any atom is 0.328 e. The molecule has 0 saturated carbocycles. The summed E-state index contributed by atoms with van der Waals surface area (Å²) in [4.78, 5) is 25.2. The number of hydrogen-bond acceptors (Lipinski definition) is 5. The van der Waals surface area contributed by atoms with Crippen LogP contribution >= 0.6 is 0 Å². The van der Waals surface area contributed by atoms with Crippen LogP contribution in [0.25, 0.3) is 0 Å². The second-order valence-electron chi connectivity index (χ2n) is 5.45. The van der Waals surface area contributed by atoms with Gasteiger partial charge in [-0.05, 0) is 25.3 Å². The summed E-state index contributed by atoms with van der Waals surface area (Å²) < 4.78 is 10.3. The first-order chi connectivity index (χ1) is 10.9. The van der Waals surface area contributed by atoms with Gasteiger partial charge in [0.15, 0.2) is 5.41 Å². The number of rotatable bonds is 7. The standard InChI is InChI=1S/C18H23NO4/c1-5-22-16(20)15(14-10-8-7-9-11-14)18(12-19,13(3)4)17(21)23-6-2/h7-11,13,15H,5-6H2,1-4H3. The quantitative estimate of drug-likeness (QED) is 0.722. The minimum Gasteiger partial charge on any atom is -0.465 e. The molecule has 0 heterocycles. The Hall–Kier alpha value is -2.35. The summed E-state index contributed by atoms with van der Waals surface area (Å²) in [5.41, 5.74) is -1.07. The van der Waals surface area contributed by atoms with Crippen molar-refractivity contribution in [2.24, 2.45) is 11.3 Å². The van der Waals surface area contributed by atoms with Crippen molar-refractivity contribution in [3.8, 4) is 6.07 Å². The molecule has 23 heavy (non-hydrogen) atoms. The van der Waals surface area contributed by atoms with Crippen LogP contribution < -0.4 is 0 Å². The third-order valence-electron chi connectivity index (χ3n) is 3.82. The van der Waals surface area contributed by atoms with Crippen LogP contribution in [0.1, 0.15) is 39.2 Å². The molecule has 0 aromatic heterocycles. The molecule has 0 amide bonds. The summed E-state index contributed by atoms with van der Waals surface area (Å²) in [7, 11) is 0. The maximum atomic E-state index is 12.6. The van der Waals surface area contributed by atoms with Gasteiger partial charge in [-0.2, -0.15) is 5.26 Å². The maximum absolute atomic E-state index is 12.6. The van der Waals surface area contributed by atoms with Gasteiger partial charge in [0.05, 0.1) is 19.3 Å². The fourth-order valence-corrected chi connectivity index (χ4v) is 2.63. The first-order valence-electron chi connectivity index (χ1n) is 7.75. The Morgan fingerprint density at radius 2 is 1.70 bits per heavy atom. The summed E-state index contributed by atoms with van der Waals surface area (Å²) >= 11 is 0. The van der Waals surface area contributed by atoms with E-state index < -0.39 is 29.2 Å². The highest BCUT2D eigenvalue weighted by atomic mass is 16.5. The monoisotopic (exact) mass is 317 g/mol. The second kappa shape index (κ2) is 8.33. The minimum absolute atomic E-state index is 0.138. The number of esters is 2. The van der Waals surface area contributed by atoms with Crippen molar-refractivity contribution in [3.05, 3.63) is 35.9 Å². The van der Waals surface area contributed by atoms with Gasteiger partial charge in [-0.15, -0.1) is 0 Å². The highest BCUT2D eigenvalue weighted by molar-refractivity contribution is 5.91. The van der Waals surface area contributed by atoms with Crippen LogP contribution in [0.15, 0.2) is 30.3 Å². The molecule has 1 aromatic carbocycles. The third kappa shape index (κ3) is 3.70. The molecule has 0 spiro atoms. The van der Waals surface area contributed by atoms with Crippen LogP contribution in [-0.2, 0) is 19.1 Å². The lowest BCUT2D eigenvalue weighted by atomic mass is 9.66. The van der Waals surface area contributed by atoms with Gasteiger partial charge in [0.2, 0.25) is 0 Å². The predicted molar refractivity (Wildman–Crippen MR) is 85.3 cm³/mol. The Balaban J connectivity index is 3.53. The zero-order valence-corrected chi connectivity index (χ0v) is 14.0. The van der Waals surface area contributed by atoms with E-state index in [0.29, 0.717) is 5.56 Å². The number of carbonyl (C=O) groups is 2. The predicted octanol–water partition coefficient (Wildman–Crippen LogP) is 3.06. The van der Waals surface area contributed by atoms with E-state index in [1.165, 1.54) is 0 Å². The normalized spacial score (nSPS) is 14.4. The molecule has 0 radical (unpaired) electrons. The highest BCUT2D eigenvalue weighted by Crippen LogP contribution is 2.44. The molecule has 0 aliphatic rings. The van der Waals surface area contributed by atoms with E-state index in [4.69, 9.17) is 9.47 Å². The summed E-state index contributed by atoms with van der Waals surface area (Å²) in [6.45, 7) is 7.13. The number of benzene rings is 1. The molecule has 0 fully saturated rings. The third-order valence-corrected chi connectivity index (χ3v) is 3.82. The zero-order valence-electron chi connectivity index (χ0n) is 14.0. The molecule has 0 aliphatic carbocycles. The van der Waals surface area contributed by atoms with Crippen LogP contribution in [0.2, 0.25) is 0 Å². The van der Waals surface area contributed by atoms with Crippen LogP contribution in [0.3, 0.4) is 0 Å². The van der Waals surface area contributed by atoms with Gasteiger partial charge in [0.25, 0.3) is 0 Å². The van der Waals surface area contributed by atoms with Crippen molar-refractivity contribution in [3.63, 3.8) is 0 Å². The molecule has 0 N–H and O–H groups in total. The first kappa shape index (κ1) is 18.7. The summed E-state index contributed by atoms with van der Waals surface area (Å²) in [5, 5.41) is 9.83. The topological polar surface area (TPSA) is 76.4 Å². The fraction of sp³-hybridized carbons (Fsp3) is 0.500. The van der Waals surface area contributed by atoms with E-state index in [-0.39, 0.29) is 13.2 Å². The van der Waals surface area contributed by atoms with E-state index in [1.54, 1.807) is 58.0 Å². The van der Waals surface area contributed by atoms with Crippen molar-refractivity contribution >= 4 is 11.9 Å². The van der Waals surface area contributed by atoms with Crippen LogP contribution in [0.4, 0.5) is 0 Å². The summed E-state index contributed by atoms with van der Waals surface area (Å²) in [6, 6.07) is 10.8. The van der Waals surface area contributed by atoms with Gasteiger partial charge >= 0.3 is 11.9 Å². The van der Waals surface area contributed by atoms with Crippen LogP contribution in [-0.4, -0.2) is 25.2 Å². The molecular formula is C18H23NO4. The van der Waals surface area contributed by atoms with Crippen LogP contribution in [0.5, 0.6) is 0 Å². The second-order valence-corrected chi connectivity index (χ2v) is 5.45. The Morgan fingerprint density at radius 1 is 1.13 bits per heavy atom. The molecule has 5 heteroatoms. The van der Waals surface area contributed by atoms with Gasteiger partial charge in [0.1, 0.15) is 5.92 Å². The van der Waals surface area contributed by atoms with Gasteiger partial charge < -0.3 is 9.47 Å². The van der Waals surface area contributed by atoms with Crippen molar-refractivity contribution in [1.29, 1.82) is 5.26 Å². The smallest absolute Gasteiger partial charge is 0.328 e. The van der Waals surface area contributed by atoms with Crippen LogP contribution in [0, 0.1) is 22.7 Å². The van der Waals surface area contributed by atoms with Crippen molar-refractivity contribution in [2.75, 3.05) is 13.2 Å². The van der Waals surface area contributed by atoms with Gasteiger partial charge in [-0.3, -0.25) is 9.59 Å². The molecule has 0 bridgehead atoms. The SMILES string of the molecule is CCOC(=O)C(c1ccccc1)C(C#N)(C(=O)OCC)C(C)C. The van der Waals surface area contributed by atoms with Crippen molar-refractivity contribution in [2.45, 2.75) is 33.6 Å². The molecule has 1 aromatic rings. The van der Waals surface area contributed by atoms with Crippen molar-refractivity contribution < 1.29 is 19.1 Å². The molecule has 0 saturated heterocycles. The number of nitrogens with zero attached hydrogens (tertiary/aromatic N) is 1. The highest BCUT2D eigenvalue weighted by Gasteiger charge is 2.55. The number of hydrogen-bond donors (Lipinski definition) is 0. The largest absolute Gasteiger partial charge is 0.465 e. The average molecular weight is 317 g/mol. The summed E-state index contributed by atoms with van der Waals surface area (Å²) in [6.07, 6.45) is 0. The lowest BCUT2D eigenvalue weighted by Crippen LogP contribution is -2.45. The van der Waals surface area contributed by atoms with E-state index >= 15 is 0 Å². The van der Waals surface area contributed by atoms with E-state index in [0.717, 1.165) is 0 Å². The van der Waals surface area contributed by atoms with E-state index in [2.05, 4.69) is 6.07 Å². The molecule has 5 nitrogen and oxygen atoms in total.